The molecule has 0 spiro atoms. The van der Waals surface area contributed by atoms with Crippen molar-refractivity contribution >= 4 is 18.9 Å². The zero-order valence-electron chi connectivity index (χ0n) is 25.8. The van der Waals surface area contributed by atoms with E-state index < -0.39 is 7.53 Å². The van der Waals surface area contributed by atoms with E-state index in [2.05, 4.69) is 132 Å². The highest BCUT2D eigenvalue weighted by Crippen LogP contribution is 2.60. The minimum Gasteiger partial charge on any atom is -0.361 e. The van der Waals surface area contributed by atoms with Crippen LogP contribution in [0.4, 0.5) is 0 Å². The lowest BCUT2D eigenvalue weighted by atomic mass is 9.81. The Kier molecular flexibility index (Phi) is 5.88. The summed E-state index contributed by atoms with van der Waals surface area (Å²) in [7, 11) is -0.690. The van der Waals surface area contributed by atoms with Crippen molar-refractivity contribution in [1.82, 2.24) is 9.97 Å². The Morgan fingerprint density at radius 2 is 1.17 bits per heavy atom. The standard InChI is InChI=1S/C37H43N2PS/c1-34(2)26-17-18-27(38-26)35(3,4)31-22-24-14-12-13-23-21-30(34)40(25-15-10-9-11-16-25)32(23)36(5,6)28-19-20-29(39-28)37(7,8)33(24)41-31/h9-11,15-22,38-39H,12-14H2,1-8H3. The number of thiophene rings is 1. The van der Waals surface area contributed by atoms with Gasteiger partial charge in [0, 0.05) is 54.2 Å². The number of aromatic nitrogens is 2. The van der Waals surface area contributed by atoms with Crippen LogP contribution in [0, 0.1) is 0 Å². The molecule has 7 rings (SSSR count). The van der Waals surface area contributed by atoms with Gasteiger partial charge in [0.1, 0.15) is 0 Å². The maximum atomic E-state index is 4.02. The van der Waals surface area contributed by atoms with Crippen LogP contribution in [-0.4, -0.2) is 9.97 Å². The number of fused-ring (bicyclic) bond motifs is 8. The van der Waals surface area contributed by atoms with Crippen molar-refractivity contribution in [3.63, 3.8) is 0 Å². The second-order valence-corrected chi connectivity index (χ2v) is 17.6. The smallest absolute Gasteiger partial charge is 0.0393 e. The van der Waals surface area contributed by atoms with Gasteiger partial charge in [-0.3, -0.25) is 0 Å². The quantitative estimate of drug-likeness (QED) is 0.198. The molecule has 0 amide bonds. The predicted molar refractivity (Wildman–Crippen MR) is 177 cm³/mol. The van der Waals surface area contributed by atoms with Crippen LogP contribution in [0.1, 0.15) is 116 Å². The van der Waals surface area contributed by atoms with Gasteiger partial charge in [-0.05, 0) is 138 Å². The summed E-state index contributed by atoms with van der Waals surface area (Å²) in [5.41, 5.74) is 7.91. The summed E-state index contributed by atoms with van der Waals surface area (Å²) in [6, 6.07) is 26.0. The number of rotatable bonds is 1. The van der Waals surface area contributed by atoms with Gasteiger partial charge in [-0.25, -0.2) is 0 Å². The van der Waals surface area contributed by atoms with E-state index in [9.17, 15) is 0 Å². The van der Waals surface area contributed by atoms with Gasteiger partial charge in [0.05, 0.1) is 0 Å². The Morgan fingerprint density at radius 3 is 1.83 bits per heavy atom. The molecule has 4 heteroatoms. The molecule has 0 fully saturated rings. The molecule has 1 atom stereocenters. The van der Waals surface area contributed by atoms with E-state index in [1.807, 2.05) is 11.3 Å². The first kappa shape index (κ1) is 27.1. The monoisotopic (exact) mass is 578 g/mol. The van der Waals surface area contributed by atoms with E-state index in [1.54, 1.807) is 16.2 Å². The second kappa shape index (κ2) is 8.88. The van der Waals surface area contributed by atoms with E-state index in [4.69, 9.17) is 0 Å². The van der Waals surface area contributed by atoms with Gasteiger partial charge >= 0.3 is 0 Å². The highest BCUT2D eigenvalue weighted by molar-refractivity contribution is 7.59. The first-order valence-electron chi connectivity index (χ1n) is 15.2. The molecule has 8 bridgehead atoms. The molecule has 5 aromatic rings. The Labute approximate surface area is 250 Å². The SMILES string of the molecule is CC1(C)c2ccc([nH]2)C(C)(C)c2cc3c(p2-c2ccccc2)C(C)(C)c2ccc([nH]2)C(C)(C)c2sc1cc2CCC3. The van der Waals surface area contributed by atoms with Crippen LogP contribution in [0.3, 0.4) is 0 Å². The molecule has 6 heterocycles. The van der Waals surface area contributed by atoms with Crippen molar-refractivity contribution in [3.05, 3.63) is 121 Å². The molecular weight excluding hydrogens is 535 g/mol. The third-order valence-electron chi connectivity index (χ3n) is 10.3. The molecule has 2 N–H and O–H groups in total. The van der Waals surface area contributed by atoms with Gasteiger partial charge in [0.25, 0.3) is 0 Å². The highest BCUT2D eigenvalue weighted by Gasteiger charge is 2.41. The average Bonchev–Trinajstić information content (AvgIpc) is 3.72. The zero-order chi connectivity index (χ0) is 28.9. The predicted octanol–water partition coefficient (Wildman–Crippen LogP) is 10.5. The minimum atomic E-state index is -0.690. The maximum absolute atomic E-state index is 4.02. The van der Waals surface area contributed by atoms with E-state index in [0.29, 0.717) is 0 Å². The van der Waals surface area contributed by atoms with Crippen molar-refractivity contribution in [2.45, 2.75) is 96.3 Å². The van der Waals surface area contributed by atoms with Crippen LogP contribution in [0.5, 0.6) is 0 Å². The number of H-pyrrole nitrogens is 2. The molecule has 0 saturated heterocycles. The Balaban J connectivity index is 1.64. The van der Waals surface area contributed by atoms with Gasteiger partial charge < -0.3 is 9.97 Å². The molecular formula is C37H43N2PS. The molecule has 41 heavy (non-hydrogen) atoms. The van der Waals surface area contributed by atoms with Crippen LogP contribution in [-0.2, 0) is 34.5 Å². The van der Waals surface area contributed by atoms with Crippen LogP contribution >= 0.6 is 18.9 Å². The zero-order valence-corrected chi connectivity index (χ0v) is 27.5. The van der Waals surface area contributed by atoms with Gasteiger partial charge in [-0.15, -0.1) is 11.3 Å². The van der Waals surface area contributed by atoms with Crippen molar-refractivity contribution in [1.29, 1.82) is 0 Å². The van der Waals surface area contributed by atoms with Gasteiger partial charge in [0.15, 0.2) is 0 Å². The normalized spacial score (nSPS) is 20.1. The van der Waals surface area contributed by atoms with Crippen LogP contribution in [0.25, 0.3) is 5.30 Å². The molecule has 0 radical (unpaired) electrons. The number of benzene rings is 1. The third-order valence-corrected chi connectivity index (χ3v) is 15.4. The summed E-state index contributed by atoms with van der Waals surface area (Å²) in [5.74, 6) is 0. The molecule has 4 aromatic heterocycles. The number of aryl methyl sites for hydroxylation is 2. The van der Waals surface area contributed by atoms with Crippen LogP contribution < -0.4 is 0 Å². The summed E-state index contributed by atoms with van der Waals surface area (Å²) in [4.78, 5) is 11.0. The van der Waals surface area contributed by atoms with Crippen LogP contribution in [0.2, 0.25) is 0 Å². The highest BCUT2D eigenvalue weighted by atomic mass is 32.1. The minimum absolute atomic E-state index is 0.0950. The summed E-state index contributed by atoms with van der Waals surface area (Å²) >= 11 is 2.03. The fraction of sp³-hybridized carbons (Fsp3) is 0.405. The summed E-state index contributed by atoms with van der Waals surface area (Å²) in [5, 5.41) is 4.65. The third kappa shape index (κ3) is 3.88. The molecule has 0 saturated carbocycles. The van der Waals surface area contributed by atoms with Crippen molar-refractivity contribution < 1.29 is 0 Å². The molecule has 1 unspecified atom stereocenters. The van der Waals surface area contributed by atoms with Crippen molar-refractivity contribution in [2.24, 2.45) is 0 Å². The fourth-order valence-electron chi connectivity index (χ4n) is 7.43. The van der Waals surface area contributed by atoms with Crippen LogP contribution in [0.15, 0.2) is 66.7 Å². The van der Waals surface area contributed by atoms with Crippen molar-refractivity contribution in [3.8, 4) is 5.30 Å². The van der Waals surface area contributed by atoms with Gasteiger partial charge in [-0.2, -0.15) is 0 Å². The van der Waals surface area contributed by atoms with Gasteiger partial charge in [0.2, 0.25) is 0 Å². The van der Waals surface area contributed by atoms with Gasteiger partial charge in [-0.1, -0.05) is 37.9 Å². The van der Waals surface area contributed by atoms with E-state index in [-0.39, 0.29) is 21.7 Å². The number of hydrogen-bond donors (Lipinski definition) is 2. The molecule has 2 aliphatic heterocycles. The van der Waals surface area contributed by atoms with E-state index in [1.165, 1.54) is 49.8 Å². The lowest BCUT2D eigenvalue weighted by Crippen LogP contribution is -2.24. The fourth-order valence-corrected chi connectivity index (χ4v) is 12.2. The molecule has 0 aliphatic carbocycles. The lowest BCUT2D eigenvalue weighted by Gasteiger charge is -2.32. The first-order valence-corrected chi connectivity index (χ1v) is 17.3. The average molecular weight is 579 g/mol. The molecule has 2 aliphatic rings. The summed E-state index contributed by atoms with van der Waals surface area (Å²) in [6.07, 6.45) is 3.40. The first-order chi connectivity index (χ1) is 19.3. The Morgan fingerprint density at radius 1 is 0.610 bits per heavy atom. The Bertz CT molecular complexity index is 1770. The second-order valence-electron chi connectivity index (χ2n) is 14.5. The number of hydrogen-bond acceptors (Lipinski definition) is 1. The van der Waals surface area contributed by atoms with Crippen molar-refractivity contribution in [2.75, 3.05) is 0 Å². The number of aromatic amines is 2. The van der Waals surface area contributed by atoms with E-state index in [0.717, 1.165) is 12.8 Å². The summed E-state index contributed by atoms with van der Waals surface area (Å²) in [6.45, 7) is 19.5. The topological polar surface area (TPSA) is 31.6 Å². The van der Waals surface area contributed by atoms with E-state index >= 15 is 0 Å². The molecule has 212 valence electrons. The molecule has 1 aromatic carbocycles. The molecule has 2 nitrogen and oxygen atoms in total. The largest absolute Gasteiger partial charge is 0.361 e. The lowest BCUT2D eigenvalue weighted by molar-refractivity contribution is 0.588. The Hall–Kier alpha value is -2.74. The maximum Gasteiger partial charge on any atom is 0.0393 e. The number of nitrogens with one attached hydrogen (secondary N) is 2. The summed E-state index contributed by atoms with van der Waals surface area (Å²) < 4.78 is 0.